The second-order valence-corrected chi connectivity index (χ2v) is 6.91. The van der Waals surface area contributed by atoms with Crippen LogP contribution in [0.25, 0.3) is 21.8 Å². The number of hydrogen-bond acceptors (Lipinski definition) is 3. The molecule has 2 heterocycles. The molecule has 1 fully saturated rings. The van der Waals surface area contributed by atoms with Gasteiger partial charge in [-0.25, -0.2) is 0 Å². The molecule has 0 spiro atoms. The molecule has 2 aromatic carbocycles. The van der Waals surface area contributed by atoms with Crippen molar-refractivity contribution in [2.24, 2.45) is 0 Å². The Hall–Kier alpha value is -1.15. The minimum atomic E-state index is -0.630. The summed E-state index contributed by atoms with van der Waals surface area (Å²) in [5.74, 6) is 0. The zero-order chi connectivity index (χ0) is 15.3. The predicted molar refractivity (Wildman–Crippen MR) is 93.8 cm³/mol. The van der Waals surface area contributed by atoms with Gasteiger partial charge in [-0.15, -0.1) is 0 Å². The third-order valence-electron chi connectivity index (χ3n) is 4.34. The summed E-state index contributed by atoms with van der Waals surface area (Å²) in [5, 5.41) is 21.7. The molecule has 4 nitrogen and oxygen atoms in total. The Balaban J connectivity index is 1.96. The Kier molecular flexibility index (Phi) is 3.60. The Morgan fingerprint density at radius 1 is 1.14 bits per heavy atom. The van der Waals surface area contributed by atoms with E-state index in [1.807, 2.05) is 12.1 Å². The van der Waals surface area contributed by atoms with E-state index in [0.717, 1.165) is 11.0 Å². The first-order valence-electron chi connectivity index (χ1n) is 7.31. The molecule has 114 valence electrons. The number of fused-ring (bicyclic) bond motifs is 3. The lowest BCUT2D eigenvalue weighted by Gasteiger charge is -2.16. The van der Waals surface area contributed by atoms with Crippen LogP contribution in [0.4, 0.5) is 0 Å². The van der Waals surface area contributed by atoms with Crippen molar-refractivity contribution in [3.8, 4) is 0 Å². The summed E-state index contributed by atoms with van der Waals surface area (Å²) in [6, 6.07) is 14.6. The number of ether oxygens (including phenoxy) is 1. The van der Waals surface area contributed by atoms with E-state index >= 15 is 0 Å². The number of aliphatic hydroxyl groups is 2. The molecule has 1 aliphatic heterocycles. The largest absolute Gasteiger partial charge is 0.394 e. The maximum atomic E-state index is 10.0. The highest BCUT2D eigenvalue weighted by Crippen LogP contribution is 2.37. The number of halogens is 1. The fourth-order valence-electron chi connectivity index (χ4n) is 3.32. The number of para-hydroxylation sites is 1. The monoisotopic (exact) mass is 409 g/mol. The first-order chi connectivity index (χ1) is 10.7. The number of nitrogens with zero attached hydrogens (tertiary/aromatic N) is 1. The van der Waals surface area contributed by atoms with Gasteiger partial charge >= 0.3 is 0 Å². The van der Waals surface area contributed by atoms with Crippen LogP contribution in [0.15, 0.2) is 42.5 Å². The van der Waals surface area contributed by atoms with Gasteiger partial charge in [-0.05, 0) is 46.9 Å². The van der Waals surface area contributed by atoms with Gasteiger partial charge in [-0.3, -0.25) is 0 Å². The second kappa shape index (κ2) is 5.49. The Labute approximate surface area is 141 Å². The van der Waals surface area contributed by atoms with E-state index in [4.69, 9.17) is 4.74 Å². The number of benzene rings is 2. The number of aromatic nitrogens is 1. The quantitative estimate of drug-likeness (QED) is 0.640. The Morgan fingerprint density at radius 2 is 1.91 bits per heavy atom. The van der Waals surface area contributed by atoms with Crippen LogP contribution in [-0.2, 0) is 4.74 Å². The maximum Gasteiger partial charge on any atom is 0.137 e. The maximum absolute atomic E-state index is 10.0. The molecule has 2 N–H and O–H groups in total. The Morgan fingerprint density at radius 3 is 2.68 bits per heavy atom. The minimum Gasteiger partial charge on any atom is -0.394 e. The molecule has 0 unspecified atom stereocenters. The lowest BCUT2D eigenvalue weighted by Crippen LogP contribution is -2.24. The smallest absolute Gasteiger partial charge is 0.137 e. The molecule has 1 aliphatic rings. The topological polar surface area (TPSA) is 54.6 Å². The van der Waals surface area contributed by atoms with E-state index in [2.05, 4.69) is 57.5 Å². The van der Waals surface area contributed by atoms with Crippen molar-refractivity contribution < 1.29 is 14.9 Å². The molecule has 22 heavy (non-hydrogen) atoms. The molecule has 0 aliphatic carbocycles. The van der Waals surface area contributed by atoms with Gasteiger partial charge in [0.05, 0.1) is 23.7 Å². The minimum absolute atomic E-state index is 0.160. The van der Waals surface area contributed by atoms with Crippen LogP contribution in [0.1, 0.15) is 12.6 Å². The third-order valence-corrected chi connectivity index (χ3v) is 5.01. The van der Waals surface area contributed by atoms with Crippen LogP contribution in [0.3, 0.4) is 0 Å². The van der Waals surface area contributed by atoms with Crippen molar-refractivity contribution in [2.75, 3.05) is 6.61 Å². The van der Waals surface area contributed by atoms with Gasteiger partial charge in [0.1, 0.15) is 12.3 Å². The molecule has 0 radical (unpaired) electrons. The van der Waals surface area contributed by atoms with Gasteiger partial charge in [0.15, 0.2) is 0 Å². The summed E-state index contributed by atoms with van der Waals surface area (Å²) in [6.45, 7) is -0.160. The van der Waals surface area contributed by atoms with Crippen LogP contribution in [0.2, 0.25) is 0 Å². The number of hydrogen-bond donors (Lipinski definition) is 2. The average molecular weight is 409 g/mol. The lowest BCUT2D eigenvalue weighted by atomic mass is 10.2. The summed E-state index contributed by atoms with van der Waals surface area (Å²) in [5.41, 5.74) is 2.19. The highest BCUT2D eigenvalue weighted by Gasteiger charge is 2.35. The van der Waals surface area contributed by atoms with Crippen molar-refractivity contribution >= 4 is 44.4 Å². The van der Waals surface area contributed by atoms with Crippen LogP contribution >= 0.6 is 22.6 Å². The molecule has 0 bridgehead atoms. The third kappa shape index (κ3) is 2.15. The fourth-order valence-corrected chi connectivity index (χ4v) is 3.81. The fraction of sp³-hybridized carbons (Fsp3) is 0.294. The van der Waals surface area contributed by atoms with Crippen molar-refractivity contribution in [1.82, 2.24) is 4.57 Å². The van der Waals surface area contributed by atoms with Crippen molar-refractivity contribution in [3.05, 3.63) is 46.0 Å². The molecule has 0 amide bonds. The highest BCUT2D eigenvalue weighted by atomic mass is 127. The molecular weight excluding hydrogens is 393 g/mol. The van der Waals surface area contributed by atoms with Gasteiger partial charge in [0, 0.05) is 20.8 Å². The van der Waals surface area contributed by atoms with E-state index in [9.17, 15) is 10.2 Å². The summed E-state index contributed by atoms with van der Waals surface area (Å²) in [7, 11) is 0. The van der Waals surface area contributed by atoms with Gasteiger partial charge in [0.25, 0.3) is 0 Å². The summed E-state index contributed by atoms with van der Waals surface area (Å²) < 4.78 is 9.20. The summed E-state index contributed by atoms with van der Waals surface area (Å²) >= 11 is 2.32. The molecule has 5 heteroatoms. The van der Waals surface area contributed by atoms with Gasteiger partial charge < -0.3 is 19.5 Å². The standard InChI is InChI=1S/C17H16INO3/c18-10-5-6-14-12(7-10)11-3-1-2-4-13(11)19(14)17-8-15(21)16(9-20)22-17/h1-7,15-17,20-21H,8-9H2/t15-,16+,17-/m0/s1. The molecule has 1 saturated heterocycles. The normalized spacial score (nSPS) is 25.3. The average Bonchev–Trinajstić information content (AvgIpc) is 3.04. The van der Waals surface area contributed by atoms with E-state index in [0.29, 0.717) is 6.42 Å². The molecule has 1 aromatic heterocycles. The summed E-state index contributed by atoms with van der Waals surface area (Å²) in [6.07, 6.45) is -0.903. The van der Waals surface area contributed by atoms with E-state index in [1.165, 1.54) is 14.3 Å². The van der Waals surface area contributed by atoms with Gasteiger partial charge in [-0.2, -0.15) is 0 Å². The van der Waals surface area contributed by atoms with Crippen LogP contribution < -0.4 is 0 Å². The van der Waals surface area contributed by atoms with Gasteiger partial charge in [0.2, 0.25) is 0 Å². The first-order valence-corrected chi connectivity index (χ1v) is 8.39. The second-order valence-electron chi connectivity index (χ2n) is 5.66. The highest BCUT2D eigenvalue weighted by molar-refractivity contribution is 14.1. The van der Waals surface area contributed by atoms with Crippen LogP contribution in [0.5, 0.6) is 0 Å². The Bertz CT molecular complexity index is 844. The zero-order valence-electron chi connectivity index (χ0n) is 11.8. The molecule has 3 aromatic rings. The lowest BCUT2D eigenvalue weighted by molar-refractivity contribution is -0.0416. The van der Waals surface area contributed by atoms with Gasteiger partial charge in [-0.1, -0.05) is 18.2 Å². The first kappa shape index (κ1) is 14.4. The number of rotatable bonds is 2. The zero-order valence-corrected chi connectivity index (χ0v) is 14.0. The van der Waals surface area contributed by atoms with Crippen LogP contribution in [0, 0.1) is 3.57 Å². The van der Waals surface area contributed by atoms with Crippen molar-refractivity contribution in [3.63, 3.8) is 0 Å². The van der Waals surface area contributed by atoms with E-state index in [1.54, 1.807) is 0 Å². The van der Waals surface area contributed by atoms with Crippen LogP contribution in [-0.4, -0.2) is 33.6 Å². The predicted octanol–water partition coefficient (Wildman–Crippen LogP) is 3.04. The van der Waals surface area contributed by atoms with E-state index < -0.39 is 12.2 Å². The van der Waals surface area contributed by atoms with E-state index in [-0.39, 0.29) is 12.8 Å². The summed E-state index contributed by atoms with van der Waals surface area (Å²) in [4.78, 5) is 0. The molecule has 0 saturated carbocycles. The number of aliphatic hydroxyl groups excluding tert-OH is 2. The molecular formula is C17H16INO3. The molecule has 4 rings (SSSR count). The van der Waals surface area contributed by atoms with Crippen molar-refractivity contribution in [2.45, 2.75) is 24.9 Å². The van der Waals surface area contributed by atoms with Crippen molar-refractivity contribution in [1.29, 1.82) is 0 Å². The SMILES string of the molecule is OC[C@H]1O[C@H](n2c3ccccc3c3cc(I)ccc32)C[C@@H]1O. The molecule has 3 atom stereocenters.